The molecule has 19 heavy (non-hydrogen) atoms. The van der Waals surface area contributed by atoms with Crippen LogP contribution in [0, 0.1) is 0 Å². The van der Waals surface area contributed by atoms with Crippen LogP contribution in [0.15, 0.2) is 30.5 Å². The van der Waals surface area contributed by atoms with Crippen molar-refractivity contribution in [1.82, 2.24) is 9.78 Å². The van der Waals surface area contributed by atoms with E-state index >= 15 is 0 Å². The SMILES string of the molecule is Cn1ncc(Cl)c1C(=O)C1CCCc2ccccc21. The van der Waals surface area contributed by atoms with Crippen LogP contribution in [-0.4, -0.2) is 15.6 Å². The summed E-state index contributed by atoms with van der Waals surface area (Å²) in [6.07, 6.45) is 4.52. The standard InChI is InChI=1S/C15H15ClN2O/c1-18-14(13(16)9-17-18)15(19)12-8-4-6-10-5-2-3-7-11(10)12/h2-3,5,7,9,12H,4,6,8H2,1H3. The Labute approximate surface area is 117 Å². The van der Waals surface area contributed by atoms with Crippen LogP contribution < -0.4 is 0 Å². The average molecular weight is 275 g/mol. The van der Waals surface area contributed by atoms with Gasteiger partial charge in [-0.05, 0) is 30.4 Å². The van der Waals surface area contributed by atoms with Gasteiger partial charge in [-0.25, -0.2) is 0 Å². The maximum atomic E-state index is 12.7. The summed E-state index contributed by atoms with van der Waals surface area (Å²) in [6.45, 7) is 0. The summed E-state index contributed by atoms with van der Waals surface area (Å²) >= 11 is 6.08. The summed E-state index contributed by atoms with van der Waals surface area (Å²) in [5.41, 5.74) is 2.95. The van der Waals surface area contributed by atoms with Crippen LogP contribution in [0.5, 0.6) is 0 Å². The van der Waals surface area contributed by atoms with Crippen molar-refractivity contribution in [1.29, 1.82) is 0 Å². The third kappa shape index (κ3) is 2.08. The molecule has 0 aliphatic heterocycles. The molecule has 1 atom stereocenters. The largest absolute Gasteiger partial charge is 0.292 e. The van der Waals surface area contributed by atoms with Crippen molar-refractivity contribution in [2.24, 2.45) is 7.05 Å². The van der Waals surface area contributed by atoms with Crippen LogP contribution in [0.1, 0.15) is 40.4 Å². The van der Waals surface area contributed by atoms with Crippen molar-refractivity contribution in [3.8, 4) is 0 Å². The van der Waals surface area contributed by atoms with Crippen molar-refractivity contribution >= 4 is 17.4 Å². The van der Waals surface area contributed by atoms with Gasteiger partial charge >= 0.3 is 0 Å². The summed E-state index contributed by atoms with van der Waals surface area (Å²) in [4.78, 5) is 12.7. The Balaban J connectivity index is 2.03. The first-order valence-corrected chi connectivity index (χ1v) is 6.86. The van der Waals surface area contributed by atoms with E-state index in [1.54, 1.807) is 11.7 Å². The summed E-state index contributed by atoms with van der Waals surface area (Å²) in [7, 11) is 1.76. The highest BCUT2D eigenvalue weighted by Crippen LogP contribution is 2.35. The number of carbonyl (C=O) groups is 1. The van der Waals surface area contributed by atoms with Crippen LogP contribution in [0.3, 0.4) is 0 Å². The molecule has 0 bridgehead atoms. The molecule has 3 rings (SSSR count). The molecule has 1 aliphatic carbocycles. The summed E-state index contributed by atoms with van der Waals surface area (Å²) in [5.74, 6) is -0.00463. The molecular weight excluding hydrogens is 260 g/mol. The molecule has 3 nitrogen and oxygen atoms in total. The topological polar surface area (TPSA) is 34.9 Å². The molecule has 0 saturated carbocycles. The lowest BCUT2D eigenvalue weighted by Gasteiger charge is -2.24. The molecule has 4 heteroatoms. The van der Waals surface area contributed by atoms with Crippen molar-refractivity contribution in [2.45, 2.75) is 25.2 Å². The van der Waals surface area contributed by atoms with Crippen LogP contribution in [0.25, 0.3) is 0 Å². The number of benzene rings is 1. The third-order valence-electron chi connectivity index (χ3n) is 3.81. The van der Waals surface area contributed by atoms with Gasteiger partial charge in [0.15, 0.2) is 5.78 Å². The van der Waals surface area contributed by atoms with E-state index in [0.717, 1.165) is 24.8 Å². The first kappa shape index (κ1) is 12.4. The Hall–Kier alpha value is -1.61. The van der Waals surface area contributed by atoms with Gasteiger partial charge in [-0.15, -0.1) is 0 Å². The molecule has 1 aromatic carbocycles. The number of fused-ring (bicyclic) bond motifs is 1. The Morgan fingerprint density at radius 1 is 1.42 bits per heavy atom. The van der Waals surface area contributed by atoms with Crippen molar-refractivity contribution < 1.29 is 4.79 Å². The van der Waals surface area contributed by atoms with Crippen LogP contribution in [0.2, 0.25) is 5.02 Å². The minimum absolute atomic E-state index is 0.0807. The van der Waals surface area contributed by atoms with Gasteiger partial charge in [-0.3, -0.25) is 9.48 Å². The molecule has 1 unspecified atom stereocenters. The number of hydrogen-bond donors (Lipinski definition) is 0. The van der Waals surface area contributed by atoms with Gasteiger partial charge < -0.3 is 0 Å². The average Bonchev–Trinajstić information content (AvgIpc) is 2.77. The van der Waals surface area contributed by atoms with Crippen molar-refractivity contribution in [3.05, 3.63) is 52.3 Å². The summed E-state index contributed by atoms with van der Waals surface area (Å²) < 4.78 is 1.57. The second-order valence-electron chi connectivity index (χ2n) is 4.97. The smallest absolute Gasteiger partial charge is 0.189 e. The lowest BCUT2D eigenvalue weighted by molar-refractivity contribution is 0.0941. The third-order valence-corrected chi connectivity index (χ3v) is 4.09. The Morgan fingerprint density at radius 2 is 2.21 bits per heavy atom. The minimum atomic E-state index is -0.0853. The number of carbonyl (C=O) groups excluding carboxylic acids is 1. The van der Waals surface area contributed by atoms with E-state index in [4.69, 9.17) is 11.6 Å². The Morgan fingerprint density at radius 3 is 2.95 bits per heavy atom. The number of halogens is 1. The van der Waals surface area contributed by atoms with E-state index in [2.05, 4.69) is 17.2 Å². The quantitative estimate of drug-likeness (QED) is 0.787. The normalized spacial score (nSPS) is 18.1. The molecule has 0 radical (unpaired) electrons. The molecule has 1 heterocycles. The molecule has 2 aromatic rings. The van der Waals surface area contributed by atoms with Crippen molar-refractivity contribution in [2.75, 3.05) is 0 Å². The van der Waals surface area contributed by atoms with E-state index in [1.807, 2.05) is 12.1 Å². The predicted octanol–water partition coefficient (Wildman–Crippen LogP) is 3.38. The predicted molar refractivity (Wildman–Crippen MR) is 74.7 cm³/mol. The number of nitrogens with zero attached hydrogens (tertiary/aromatic N) is 2. The maximum absolute atomic E-state index is 12.7. The fraction of sp³-hybridized carbons (Fsp3) is 0.333. The monoisotopic (exact) mass is 274 g/mol. The zero-order chi connectivity index (χ0) is 13.4. The van der Waals surface area contributed by atoms with E-state index in [0.29, 0.717) is 10.7 Å². The molecule has 1 aliphatic rings. The second-order valence-corrected chi connectivity index (χ2v) is 5.38. The number of aromatic nitrogens is 2. The lowest BCUT2D eigenvalue weighted by Crippen LogP contribution is -2.21. The van der Waals surface area contributed by atoms with Crippen molar-refractivity contribution in [3.63, 3.8) is 0 Å². The van der Waals surface area contributed by atoms with Gasteiger partial charge in [0.05, 0.1) is 11.2 Å². The first-order valence-electron chi connectivity index (χ1n) is 6.48. The number of aryl methyl sites for hydroxylation is 2. The molecule has 1 aromatic heterocycles. The van der Waals surface area contributed by atoms with Gasteiger partial charge in [0.1, 0.15) is 5.69 Å². The van der Waals surface area contributed by atoms with Gasteiger partial charge in [0.25, 0.3) is 0 Å². The first-order chi connectivity index (χ1) is 9.18. The fourth-order valence-electron chi connectivity index (χ4n) is 2.88. The van der Waals surface area contributed by atoms with Gasteiger partial charge in [-0.1, -0.05) is 35.9 Å². The number of Topliss-reactive ketones (excluding diaryl/α,β-unsaturated/α-hetero) is 1. The van der Waals surface area contributed by atoms with Crippen LogP contribution >= 0.6 is 11.6 Å². The van der Waals surface area contributed by atoms with Crippen LogP contribution in [-0.2, 0) is 13.5 Å². The molecule has 0 spiro atoms. The summed E-state index contributed by atoms with van der Waals surface area (Å²) in [5, 5.41) is 4.49. The van der Waals surface area contributed by atoms with Gasteiger partial charge in [-0.2, -0.15) is 5.10 Å². The van der Waals surface area contributed by atoms with E-state index in [-0.39, 0.29) is 11.7 Å². The highest BCUT2D eigenvalue weighted by atomic mass is 35.5. The second kappa shape index (κ2) is 4.82. The highest BCUT2D eigenvalue weighted by molar-refractivity contribution is 6.33. The molecule has 0 N–H and O–H groups in total. The maximum Gasteiger partial charge on any atom is 0.189 e. The molecule has 0 saturated heterocycles. The van der Waals surface area contributed by atoms with Gasteiger partial charge in [0.2, 0.25) is 0 Å². The summed E-state index contributed by atoms with van der Waals surface area (Å²) in [6, 6.07) is 8.19. The number of hydrogen-bond acceptors (Lipinski definition) is 2. The molecule has 98 valence electrons. The zero-order valence-electron chi connectivity index (χ0n) is 10.8. The zero-order valence-corrected chi connectivity index (χ0v) is 11.5. The Bertz CT molecular complexity index is 613. The van der Waals surface area contributed by atoms with Crippen LogP contribution in [0.4, 0.5) is 0 Å². The van der Waals surface area contributed by atoms with Gasteiger partial charge in [0, 0.05) is 13.0 Å². The van der Waals surface area contributed by atoms with E-state index in [9.17, 15) is 4.79 Å². The minimum Gasteiger partial charge on any atom is -0.292 e. The number of ketones is 1. The highest BCUT2D eigenvalue weighted by Gasteiger charge is 2.30. The fourth-order valence-corrected chi connectivity index (χ4v) is 3.14. The molecular formula is C15H15ClN2O. The Kier molecular flexibility index (Phi) is 3.15. The van der Waals surface area contributed by atoms with E-state index in [1.165, 1.54) is 11.8 Å². The molecule has 0 amide bonds. The number of rotatable bonds is 2. The lowest BCUT2D eigenvalue weighted by atomic mass is 9.80. The molecule has 0 fully saturated rings. The van der Waals surface area contributed by atoms with E-state index < -0.39 is 0 Å².